The summed E-state index contributed by atoms with van der Waals surface area (Å²) in [6, 6.07) is 8.67. The molecule has 14 heavy (non-hydrogen) atoms. The summed E-state index contributed by atoms with van der Waals surface area (Å²) >= 11 is 0. The minimum atomic E-state index is 0.220. The van der Waals surface area contributed by atoms with Gasteiger partial charge in [-0.05, 0) is 35.8 Å². The molecule has 2 heteroatoms. The number of para-hydroxylation sites is 1. The number of benzene rings is 1. The van der Waals surface area contributed by atoms with Gasteiger partial charge in [-0.1, -0.05) is 18.2 Å². The molecule has 1 heterocycles. The van der Waals surface area contributed by atoms with Gasteiger partial charge in [-0.25, -0.2) is 0 Å². The fourth-order valence-corrected chi connectivity index (χ4v) is 2.10. The first-order valence-electron chi connectivity index (χ1n) is 5.18. The maximum Gasteiger partial charge on any atom is 0.0502 e. The van der Waals surface area contributed by atoms with Gasteiger partial charge in [0.05, 0.1) is 5.52 Å². The number of aromatic amines is 1. The van der Waals surface area contributed by atoms with Crippen molar-refractivity contribution in [3.63, 3.8) is 0 Å². The Morgan fingerprint density at radius 2 is 2.14 bits per heavy atom. The van der Waals surface area contributed by atoms with E-state index in [-0.39, 0.29) is 6.04 Å². The molecule has 3 N–H and O–H groups in total. The van der Waals surface area contributed by atoms with Gasteiger partial charge in [0.15, 0.2) is 0 Å². The summed E-state index contributed by atoms with van der Waals surface area (Å²) in [4.78, 5) is 3.27. The second-order valence-corrected chi connectivity index (χ2v) is 4.15. The van der Waals surface area contributed by atoms with Gasteiger partial charge in [0.25, 0.3) is 0 Å². The van der Waals surface area contributed by atoms with E-state index in [4.69, 9.17) is 5.73 Å². The van der Waals surface area contributed by atoms with Crippen LogP contribution in [0, 0.1) is 5.92 Å². The lowest BCUT2D eigenvalue weighted by Crippen LogP contribution is -2.12. The van der Waals surface area contributed by atoms with Crippen LogP contribution < -0.4 is 5.73 Å². The van der Waals surface area contributed by atoms with E-state index in [1.807, 2.05) is 6.20 Å². The standard InChI is InChI=1S/C12H14N2/c13-11(8-4-5-8)10-3-1-2-9-6-7-14-12(9)10/h1-3,6-8,11,14H,4-5,13H2. The van der Waals surface area contributed by atoms with E-state index >= 15 is 0 Å². The summed E-state index contributed by atoms with van der Waals surface area (Å²) in [5.41, 5.74) is 8.69. The van der Waals surface area contributed by atoms with Crippen molar-refractivity contribution in [2.45, 2.75) is 18.9 Å². The Hall–Kier alpha value is -1.28. The molecule has 1 aliphatic rings. The van der Waals surface area contributed by atoms with Gasteiger partial charge in [0.2, 0.25) is 0 Å². The predicted octanol–water partition coefficient (Wildman–Crippen LogP) is 2.58. The molecule has 72 valence electrons. The summed E-state index contributed by atoms with van der Waals surface area (Å²) in [7, 11) is 0. The Morgan fingerprint density at radius 3 is 2.93 bits per heavy atom. The zero-order valence-electron chi connectivity index (χ0n) is 8.03. The maximum absolute atomic E-state index is 6.21. The van der Waals surface area contributed by atoms with E-state index in [1.54, 1.807) is 0 Å². The van der Waals surface area contributed by atoms with Crippen LogP contribution in [0.5, 0.6) is 0 Å². The van der Waals surface area contributed by atoms with Gasteiger partial charge in [-0.15, -0.1) is 0 Å². The lowest BCUT2D eigenvalue weighted by molar-refractivity contribution is 0.637. The lowest BCUT2D eigenvalue weighted by Gasteiger charge is -2.11. The molecule has 0 saturated heterocycles. The van der Waals surface area contributed by atoms with Crippen molar-refractivity contribution >= 4 is 10.9 Å². The fourth-order valence-electron chi connectivity index (χ4n) is 2.10. The first-order valence-corrected chi connectivity index (χ1v) is 5.18. The molecule has 0 spiro atoms. The molecule has 0 radical (unpaired) electrons. The number of fused-ring (bicyclic) bond motifs is 1. The third kappa shape index (κ3) is 1.15. The number of nitrogens with one attached hydrogen (secondary N) is 1. The predicted molar refractivity (Wildman–Crippen MR) is 58.0 cm³/mol. The zero-order chi connectivity index (χ0) is 9.54. The van der Waals surface area contributed by atoms with Gasteiger partial charge in [0.1, 0.15) is 0 Å². The molecule has 2 aromatic rings. The molecule has 2 nitrogen and oxygen atoms in total. The van der Waals surface area contributed by atoms with E-state index in [2.05, 4.69) is 29.2 Å². The quantitative estimate of drug-likeness (QED) is 0.743. The highest BCUT2D eigenvalue weighted by Crippen LogP contribution is 2.40. The topological polar surface area (TPSA) is 41.8 Å². The highest BCUT2D eigenvalue weighted by molar-refractivity contribution is 5.83. The molecule has 1 fully saturated rings. The van der Waals surface area contributed by atoms with Crippen molar-refractivity contribution in [2.75, 3.05) is 0 Å². The monoisotopic (exact) mass is 186 g/mol. The van der Waals surface area contributed by atoms with Crippen molar-refractivity contribution in [3.8, 4) is 0 Å². The van der Waals surface area contributed by atoms with Crippen LogP contribution >= 0.6 is 0 Å². The van der Waals surface area contributed by atoms with Crippen LogP contribution in [0.25, 0.3) is 10.9 Å². The Bertz CT molecular complexity index is 454. The van der Waals surface area contributed by atoms with E-state index in [0.717, 1.165) is 0 Å². The Morgan fingerprint density at radius 1 is 1.29 bits per heavy atom. The first kappa shape index (κ1) is 8.06. The van der Waals surface area contributed by atoms with Crippen molar-refractivity contribution < 1.29 is 0 Å². The van der Waals surface area contributed by atoms with E-state index in [0.29, 0.717) is 5.92 Å². The molecule has 1 aromatic heterocycles. The molecule has 1 atom stereocenters. The average Bonchev–Trinajstić information content (AvgIpc) is 2.94. The molecular formula is C12H14N2. The number of rotatable bonds is 2. The first-order chi connectivity index (χ1) is 6.86. The Kier molecular flexibility index (Phi) is 1.64. The molecule has 1 saturated carbocycles. The van der Waals surface area contributed by atoms with Crippen LogP contribution in [0.15, 0.2) is 30.5 Å². The van der Waals surface area contributed by atoms with E-state index in [1.165, 1.54) is 29.3 Å². The molecule has 1 unspecified atom stereocenters. The second kappa shape index (κ2) is 2.85. The molecular weight excluding hydrogens is 172 g/mol. The summed E-state index contributed by atoms with van der Waals surface area (Å²) in [6.07, 6.45) is 4.56. The van der Waals surface area contributed by atoms with Crippen molar-refractivity contribution in [1.29, 1.82) is 0 Å². The summed E-state index contributed by atoms with van der Waals surface area (Å²) in [5.74, 6) is 0.712. The lowest BCUT2D eigenvalue weighted by atomic mass is 10.0. The Labute approximate surface area is 83.1 Å². The van der Waals surface area contributed by atoms with Crippen LogP contribution in [-0.4, -0.2) is 4.98 Å². The van der Waals surface area contributed by atoms with Crippen LogP contribution in [0.2, 0.25) is 0 Å². The molecule has 0 amide bonds. The van der Waals surface area contributed by atoms with Crippen LogP contribution in [0.3, 0.4) is 0 Å². The van der Waals surface area contributed by atoms with Gasteiger partial charge >= 0.3 is 0 Å². The van der Waals surface area contributed by atoms with Crippen LogP contribution in [0.4, 0.5) is 0 Å². The number of hydrogen-bond donors (Lipinski definition) is 2. The zero-order valence-corrected chi connectivity index (χ0v) is 8.03. The largest absolute Gasteiger partial charge is 0.361 e. The number of H-pyrrole nitrogens is 1. The third-order valence-corrected chi connectivity index (χ3v) is 3.11. The summed E-state index contributed by atoms with van der Waals surface area (Å²) in [5, 5.41) is 1.26. The molecule has 3 rings (SSSR count). The normalized spacial score (nSPS) is 18.6. The fraction of sp³-hybridized carbons (Fsp3) is 0.333. The number of aromatic nitrogens is 1. The van der Waals surface area contributed by atoms with E-state index < -0.39 is 0 Å². The second-order valence-electron chi connectivity index (χ2n) is 4.15. The van der Waals surface area contributed by atoms with Gasteiger partial charge in [-0.3, -0.25) is 0 Å². The maximum atomic E-state index is 6.21. The van der Waals surface area contributed by atoms with Gasteiger partial charge in [-0.2, -0.15) is 0 Å². The number of nitrogens with two attached hydrogens (primary N) is 1. The minimum Gasteiger partial charge on any atom is -0.361 e. The van der Waals surface area contributed by atoms with Gasteiger partial charge in [0, 0.05) is 12.2 Å². The molecule has 1 aromatic carbocycles. The molecule has 0 bridgehead atoms. The summed E-state index contributed by atoms with van der Waals surface area (Å²) < 4.78 is 0. The minimum absolute atomic E-state index is 0.220. The van der Waals surface area contributed by atoms with Crippen molar-refractivity contribution in [3.05, 3.63) is 36.0 Å². The van der Waals surface area contributed by atoms with Gasteiger partial charge < -0.3 is 10.7 Å². The molecule has 1 aliphatic carbocycles. The highest BCUT2D eigenvalue weighted by Gasteiger charge is 2.30. The van der Waals surface area contributed by atoms with Crippen molar-refractivity contribution in [2.24, 2.45) is 11.7 Å². The van der Waals surface area contributed by atoms with E-state index in [9.17, 15) is 0 Å². The van der Waals surface area contributed by atoms with Crippen molar-refractivity contribution in [1.82, 2.24) is 4.98 Å². The summed E-state index contributed by atoms with van der Waals surface area (Å²) in [6.45, 7) is 0. The average molecular weight is 186 g/mol. The highest BCUT2D eigenvalue weighted by atomic mass is 14.7. The van der Waals surface area contributed by atoms with Crippen LogP contribution in [-0.2, 0) is 0 Å². The molecule has 0 aliphatic heterocycles. The SMILES string of the molecule is NC(c1cccc2cc[nH]c12)C1CC1. The number of hydrogen-bond acceptors (Lipinski definition) is 1. The third-order valence-electron chi connectivity index (χ3n) is 3.11. The Balaban J connectivity index is 2.14. The van der Waals surface area contributed by atoms with Crippen LogP contribution in [0.1, 0.15) is 24.4 Å². The smallest absolute Gasteiger partial charge is 0.0502 e.